The summed E-state index contributed by atoms with van der Waals surface area (Å²) in [6.45, 7) is 10.8. The lowest BCUT2D eigenvalue weighted by Crippen LogP contribution is -2.41. The van der Waals surface area contributed by atoms with Crippen LogP contribution in [-0.2, 0) is 0 Å². The highest BCUT2D eigenvalue weighted by Gasteiger charge is 2.12. The summed E-state index contributed by atoms with van der Waals surface area (Å²) in [6.07, 6.45) is 0.0105. The van der Waals surface area contributed by atoms with E-state index in [1.54, 1.807) is 19.1 Å². The number of hydrogen-bond acceptors (Lipinski definition) is 2. The quantitative estimate of drug-likeness (QED) is 0.870. The molecule has 3 heteroatoms. The minimum atomic E-state index is -0.224. The summed E-state index contributed by atoms with van der Waals surface area (Å²) in [5.74, 6) is 0.356. The van der Waals surface area contributed by atoms with Gasteiger partial charge in [0, 0.05) is 18.2 Å². The smallest absolute Gasteiger partial charge is 0.129 e. The van der Waals surface area contributed by atoms with Gasteiger partial charge in [0.2, 0.25) is 0 Å². The second-order valence-electron chi connectivity index (χ2n) is 5.47. The summed E-state index contributed by atoms with van der Waals surface area (Å²) < 4.78 is 19.0. The molecule has 0 heterocycles. The zero-order valence-corrected chi connectivity index (χ0v) is 11.3. The number of benzene rings is 1. The molecule has 1 aromatic rings. The zero-order valence-electron chi connectivity index (χ0n) is 11.3. The van der Waals surface area contributed by atoms with Crippen molar-refractivity contribution in [2.45, 2.75) is 46.3 Å². The molecule has 1 aromatic carbocycles. The Morgan fingerprint density at radius 1 is 1.35 bits per heavy atom. The van der Waals surface area contributed by atoms with Crippen molar-refractivity contribution in [1.82, 2.24) is 5.32 Å². The van der Waals surface area contributed by atoms with Gasteiger partial charge >= 0.3 is 0 Å². The van der Waals surface area contributed by atoms with Crippen LogP contribution in [0.1, 0.15) is 33.3 Å². The Labute approximate surface area is 103 Å². The lowest BCUT2D eigenvalue weighted by Gasteiger charge is -2.24. The molecule has 0 saturated heterocycles. The highest BCUT2D eigenvalue weighted by Crippen LogP contribution is 2.17. The van der Waals surface area contributed by atoms with Gasteiger partial charge in [0.15, 0.2) is 0 Å². The van der Waals surface area contributed by atoms with E-state index in [0.29, 0.717) is 11.3 Å². The molecule has 0 amide bonds. The van der Waals surface area contributed by atoms with Crippen LogP contribution in [0.2, 0.25) is 0 Å². The van der Waals surface area contributed by atoms with Crippen LogP contribution < -0.4 is 10.1 Å². The second-order valence-corrected chi connectivity index (χ2v) is 5.47. The molecule has 1 rings (SSSR count). The summed E-state index contributed by atoms with van der Waals surface area (Å²) >= 11 is 0. The van der Waals surface area contributed by atoms with E-state index < -0.39 is 0 Å². The summed E-state index contributed by atoms with van der Waals surface area (Å²) in [5, 5.41) is 3.35. The Kier molecular flexibility index (Phi) is 4.52. The maximum Gasteiger partial charge on any atom is 0.129 e. The fourth-order valence-electron chi connectivity index (χ4n) is 1.37. The molecule has 2 nitrogen and oxygen atoms in total. The first kappa shape index (κ1) is 14.0. The molecule has 1 N–H and O–H groups in total. The van der Waals surface area contributed by atoms with Crippen LogP contribution in [0.3, 0.4) is 0 Å². The van der Waals surface area contributed by atoms with Gasteiger partial charge in [-0.2, -0.15) is 0 Å². The topological polar surface area (TPSA) is 21.3 Å². The van der Waals surface area contributed by atoms with Crippen molar-refractivity contribution in [2.75, 3.05) is 6.54 Å². The van der Waals surface area contributed by atoms with Gasteiger partial charge in [-0.1, -0.05) is 6.07 Å². The van der Waals surface area contributed by atoms with Gasteiger partial charge < -0.3 is 10.1 Å². The molecule has 0 saturated carbocycles. The highest BCUT2D eigenvalue weighted by atomic mass is 19.1. The average molecular weight is 239 g/mol. The van der Waals surface area contributed by atoms with Crippen molar-refractivity contribution in [3.63, 3.8) is 0 Å². The largest absolute Gasteiger partial charge is 0.489 e. The van der Waals surface area contributed by atoms with E-state index in [2.05, 4.69) is 26.1 Å². The third-order valence-corrected chi connectivity index (χ3v) is 2.40. The Morgan fingerprint density at radius 3 is 2.53 bits per heavy atom. The fourth-order valence-corrected chi connectivity index (χ4v) is 1.37. The lowest BCUT2D eigenvalue weighted by molar-refractivity contribution is 0.202. The average Bonchev–Trinajstić information content (AvgIpc) is 2.20. The van der Waals surface area contributed by atoms with Crippen LogP contribution in [0.25, 0.3) is 0 Å². The molecular weight excluding hydrogens is 217 g/mol. The molecule has 0 aliphatic heterocycles. The van der Waals surface area contributed by atoms with Crippen molar-refractivity contribution < 1.29 is 9.13 Å². The van der Waals surface area contributed by atoms with Gasteiger partial charge in [0.05, 0.1) is 0 Å². The summed E-state index contributed by atoms with van der Waals surface area (Å²) in [6, 6.07) is 4.96. The van der Waals surface area contributed by atoms with E-state index >= 15 is 0 Å². The summed E-state index contributed by atoms with van der Waals surface area (Å²) in [7, 11) is 0. The van der Waals surface area contributed by atoms with Crippen molar-refractivity contribution >= 4 is 0 Å². The van der Waals surface area contributed by atoms with Gasteiger partial charge in [0.25, 0.3) is 0 Å². The van der Waals surface area contributed by atoms with Crippen LogP contribution in [0, 0.1) is 12.7 Å². The van der Waals surface area contributed by atoms with E-state index in [4.69, 9.17) is 4.74 Å². The third kappa shape index (κ3) is 5.18. The lowest BCUT2D eigenvalue weighted by atomic mass is 10.1. The van der Waals surface area contributed by atoms with Gasteiger partial charge in [0.1, 0.15) is 17.7 Å². The number of ether oxygens (including phenoxy) is 1. The van der Waals surface area contributed by atoms with Crippen LogP contribution in [0.15, 0.2) is 18.2 Å². The van der Waals surface area contributed by atoms with E-state index in [9.17, 15) is 4.39 Å². The van der Waals surface area contributed by atoms with Crippen molar-refractivity contribution in [3.8, 4) is 5.75 Å². The molecule has 0 radical (unpaired) electrons. The maximum atomic E-state index is 13.3. The molecule has 0 aromatic heterocycles. The number of aryl methyl sites for hydroxylation is 1. The normalized spacial score (nSPS) is 13.5. The molecular formula is C14H22FNO. The van der Waals surface area contributed by atoms with E-state index in [1.165, 1.54) is 6.07 Å². The predicted molar refractivity (Wildman–Crippen MR) is 69.0 cm³/mol. The number of rotatable bonds is 4. The number of halogens is 1. The summed E-state index contributed by atoms with van der Waals surface area (Å²) in [4.78, 5) is 0. The first-order valence-electron chi connectivity index (χ1n) is 5.96. The Hall–Kier alpha value is -1.09. The molecule has 0 bridgehead atoms. The van der Waals surface area contributed by atoms with Gasteiger partial charge in [-0.3, -0.25) is 0 Å². The minimum absolute atomic E-state index is 0.0105. The van der Waals surface area contributed by atoms with Crippen LogP contribution in [-0.4, -0.2) is 18.2 Å². The third-order valence-electron chi connectivity index (χ3n) is 2.40. The predicted octanol–water partition coefficient (Wildman–Crippen LogP) is 3.29. The van der Waals surface area contributed by atoms with E-state index in [-0.39, 0.29) is 17.5 Å². The van der Waals surface area contributed by atoms with Crippen molar-refractivity contribution in [1.29, 1.82) is 0 Å². The molecule has 17 heavy (non-hydrogen) atoms. The molecule has 1 atom stereocenters. The molecule has 0 aliphatic rings. The summed E-state index contributed by atoms with van der Waals surface area (Å²) in [5.41, 5.74) is 0.702. The first-order valence-corrected chi connectivity index (χ1v) is 5.96. The maximum absolute atomic E-state index is 13.3. The van der Waals surface area contributed by atoms with Crippen molar-refractivity contribution in [2.24, 2.45) is 0 Å². The van der Waals surface area contributed by atoms with Crippen LogP contribution in [0.4, 0.5) is 4.39 Å². The molecule has 0 aliphatic carbocycles. The fraction of sp³-hybridized carbons (Fsp3) is 0.571. The minimum Gasteiger partial charge on any atom is -0.489 e. The van der Waals surface area contributed by atoms with Crippen LogP contribution >= 0.6 is 0 Å². The molecule has 1 unspecified atom stereocenters. The monoisotopic (exact) mass is 239 g/mol. The van der Waals surface area contributed by atoms with E-state index in [1.807, 2.05) is 6.92 Å². The van der Waals surface area contributed by atoms with Crippen molar-refractivity contribution in [3.05, 3.63) is 29.6 Å². The SMILES string of the molecule is Cc1ccc(OC(C)CNC(C)(C)C)cc1F. The number of nitrogens with one attached hydrogen (secondary N) is 1. The number of hydrogen-bond donors (Lipinski definition) is 1. The van der Waals surface area contributed by atoms with Crippen LogP contribution in [0.5, 0.6) is 5.75 Å². The Morgan fingerprint density at radius 2 is 2.00 bits per heavy atom. The van der Waals surface area contributed by atoms with E-state index in [0.717, 1.165) is 6.54 Å². The van der Waals surface area contributed by atoms with Gasteiger partial charge in [-0.15, -0.1) is 0 Å². The second kappa shape index (κ2) is 5.50. The first-order chi connectivity index (χ1) is 7.78. The standard InChI is InChI=1S/C14H22FNO/c1-10-6-7-12(8-13(10)15)17-11(2)9-16-14(3,4)5/h6-8,11,16H,9H2,1-5H3. The Bertz CT molecular complexity index is 371. The highest BCUT2D eigenvalue weighted by molar-refractivity contribution is 5.28. The van der Waals surface area contributed by atoms with Gasteiger partial charge in [-0.25, -0.2) is 4.39 Å². The Balaban J connectivity index is 2.50. The molecule has 0 spiro atoms. The van der Waals surface area contributed by atoms with Gasteiger partial charge in [-0.05, 0) is 46.2 Å². The zero-order chi connectivity index (χ0) is 13.1. The molecule has 0 fully saturated rings. The molecule has 96 valence electrons.